The van der Waals surface area contributed by atoms with Crippen LogP contribution >= 0.6 is 11.3 Å². The molecule has 1 N–H and O–H groups in total. The first-order valence-corrected chi connectivity index (χ1v) is 7.79. The summed E-state index contributed by atoms with van der Waals surface area (Å²) in [5.74, 6) is 0. The highest BCUT2D eigenvalue weighted by Gasteiger charge is 2.18. The van der Waals surface area contributed by atoms with Gasteiger partial charge in [0, 0.05) is 12.2 Å². The van der Waals surface area contributed by atoms with Crippen molar-refractivity contribution in [2.75, 3.05) is 4.72 Å². The van der Waals surface area contributed by atoms with Crippen molar-refractivity contribution in [1.29, 1.82) is 5.26 Å². The number of nitriles is 1. The zero-order valence-electron chi connectivity index (χ0n) is 10.4. The molecule has 2 aromatic rings. The molecule has 19 heavy (non-hydrogen) atoms. The highest BCUT2D eigenvalue weighted by molar-refractivity contribution is 7.94. The van der Waals surface area contributed by atoms with Crippen molar-refractivity contribution in [2.45, 2.75) is 24.1 Å². The van der Waals surface area contributed by atoms with E-state index in [4.69, 9.17) is 5.26 Å². The maximum absolute atomic E-state index is 12.1. The van der Waals surface area contributed by atoms with E-state index in [1.165, 1.54) is 18.3 Å². The van der Waals surface area contributed by atoms with Crippen LogP contribution in [0.2, 0.25) is 0 Å². The Hall–Kier alpha value is -1.85. The minimum absolute atomic E-state index is 0.112. The zero-order valence-corrected chi connectivity index (χ0v) is 12.0. The highest BCUT2D eigenvalue weighted by atomic mass is 32.2. The summed E-state index contributed by atoms with van der Waals surface area (Å²) in [6.45, 7) is 3.90. The van der Waals surface area contributed by atoms with Crippen molar-refractivity contribution in [2.24, 2.45) is 0 Å². The van der Waals surface area contributed by atoms with Gasteiger partial charge in [-0.2, -0.15) is 10.4 Å². The van der Waals surface area contributed by atoms with Crippen LogP contribution in [0.4, 0.5) is 5.69 Å². The van der Waals surface area contributed by atoms with Crippen LogP contribution < -0.4 is 4.72 Å². The van der Waals surface area contributed by atoms with Crippen molar-refractivity contribution in [3.63, 3.8) is 0 Å². The quantitative estimate of drug-likeness (QED) is 0.936. The summed E-state index contributed by atoms with van der Waals surface area (Å²) in [5.41, 5.74) is 0.403. The molecule has 2 rings (SSSR count). The number of rotatable bonds is 4. The fourth-order valence-corrected chi connectivity index (χ4v) is 3.53. The lowest BCUT2D eigenvalue weighted by molar-refractivity contribution is 0.532. The maximum atomic E-state index is 12.1. The Balaban J connectivity index is 2.23. The van der Waals surface area contributed by atoms with Crippen molar-refractivity contribution >= 4 is 27.0 Å². The van der Waals surface area contributed by atoms with E-state index >= 15 is 0 Å². The van der Waals surface area contributed by atoms with Crippen LogP contribution in [0, 0.1) is 11.3 Å². The number of nitrogens with zero attached hydrogens (tertiary/aromatic N) is 3. The molecule has 0 aromatic carbocycles. The average molecular weight is 296 g/mol. The normalized spacial score (nSPS) is 11.5. The molecule has 100 valence electrons. The number of aromatic nitrogens is 2. The molecular formula is C11H12N4O2S2. The van der Waals surface area contributed by atoms with E-state index in [9.17, 15) is 8.42 Å². The van der Waals surface area contributed by atoms with Crippen molar-refractivity contribution in [3.05, 3.63) is 29.4 Å². The maximum Gasteiger partial charge on any atom is 0.271 e. The van der Waals surface area contributed by atoms with Gasteiger partial charge >= 0.3 is 0 Å². The Morgan fingerprint density at radius 1 is 1.47 bits per heavy atom. The molecule has 0 atom stereocenters. The summed E-state index contributed by atoms with van der Waals surface area (Å²) in [5, 5.41) is 12.8. The molecule has 6 nitrogen and oxygen atoms in total. The summed E-state index contributed by atoms with van der Waals surface area (Å²) >= 11 is 0.933. The third-order valence-electron chi connectivity index (χ3n) is 2.34. The van der Waals surface area contributed by atoms with Crippen LogP contribution in [0.3, 0.4) is 0 Å². The number of thiophene rings is 1. The van der Waals surface area contributed by atoms with Crippen LogP contribution in [0.5, 0.6) is 0 Å². The fraction of sp³-hybridized carbons (Fsp3) is 0.273. The SMILES string of the molecule is CC(C)n1cc(NS(=O)(=O)c2ccc(C#N)s2)cn1. The molecule has 0 amide bonds. The molecule has 0 aliphatic carbocycles. The van der Waals surface area contributed by atoms with Gasteiger partial charge in [0.2, 0.25) is 0 Å². The number of hydrogen-bond acceptors (Lipinski definition) is 5. The molecule has 2 heterocycles. The molecule has 0 spiro atoms. The van der Waals surface area contributed by atoms with Crippen LogP contribution in [0.1, 0.15) is 24.8 Å². The number of sulfonamides is 1. The number of nitrogens with one attached hydrogen (secondary N) is 1. The zero-order chi connectivity index (χ0) is 14.0. The molecule has 0 saturated carbocycles. The summed E-state index contributed by atoms with van der Waals surface area (Å²) < 4.78 is 28.3. The van der Waals surface area contributed by atoms with Gasteiger partial charge in [0.05, 0.1) is 11.9 Å². The van der Waals surface area contributed by atoms with Crippen molar-refractivity contribution < 1.29 is 8.42 Å². The van der Waals surface area contributed by atoms with Gasteiger partial charge in [0.25, 0.3) is 10.0 Å². The molecule has 2 aromatic heterocycles. The van der Waals surface area contributed by atoms with E-state index in [2.05, 4.69) is 9.82 Å². The Labute approximate surface area is 115 Å². The van der Waals surface area contributed by atoms with Crippen LogP contribution in [0.15, 0.2) is 28.7 Å². The van der Waals surface area contributed by atoms with Crippen molar-refractivity contribution in [3.8, 4) is 6.07 Å². The molecule has 0 saturated heterocycles. The van der Waals surface area contributed by atoms with Gasteiger partial charge in [-0.15, -0.1) is 11.3 Å². The topological polar surface area (TPSA) is 87.8 Å². The third-order valence-corrected chi connectivity index (χ3v) is 5.20. The second-order valence-corrected chi connectivity index (χ2v) is 7.13. The van der Waals surface area contributed by atoms with Crippen LogP contribution in [-0.2, 0) is 10.0 Å². The van der Waals surface area contributed by atoms with Gasteiger partial charge in [-0.05, 0) is 26.0 Å². The Morgan fingerprint density at radius 3 is 2.74 bits per heavy atom. The van der Waals surface area contributed by atoms with E-state index in [1.54, 1.807) is 10.9 Å². The second-order valence-electron chi connectivity index (χ2n) is 4.14. The van der Waals surface area contributed by atoms with Gasteiger partial charge in [0.15, 0.2) is 0 Å². The fourth-order valence-electron chi connectivity index (χ4n) is 1.40. The lowest BCUT2D eigenvalue weighted by Crippen LogP contribution is -2.11. The Kier molecular flexibility index (Phi) is 3.59. The monoisotopic (exact) mass is 296 g/mol. The van der Waals surface area contributed by atoms with Crippen molar-refractivity contribution in [1.82, 2.24) is 9.78 Å². The van der Waals surface area contributed by atoms with E-state index in [0.717, 1.165) is 11.3 Å². The van der Waals surface area contributed by atoms with Crippen LogP contribution in [-0.4, -0.2) is 18.2 Å². The first kappa shape index (κ1) is 13.6. The lowest BCUT2D eigenvalue weighted by Gasteiger charge is -2.04. The number of anilines is 1. The van der Waals surface area contributed by atoms with E-state index in [-0.39, 0.29) is 10.3 Å². The minimum atomic E-state index is -3.65. The molecule has 0 bridgehead atoms. The van der Waals surface area contributed by atoms with Gasteiger partial charge in [0.1, 0.15) is 15.2 Å². The molecule has 0 fully saturated rings. The average Bonchev–Trinajstić information content (AvgIpc) is 2.96. The lowest BCUT2D eigenvalue weighted by atomic mass is 10.4. The molecular weight excluding hydrogens is 284 g/mol. The van der Waals surface area contributed by atoms with Gasteiger partial charge in [-0.1, -0.05) is 0 Å². The molecule has 8 heteroatoms. The summed E-state index contributed by atoms with van der Waals surface area (Å²) in [6.07, 6.45) is 3.08. The summed E-state index contributed by atoms with van der Waals surface area (Å²) in [4.78, 5) is 0.359. The summed E-state index contributed by atoms with van der Waals surface area (Å²) in [7, 11) is -3.65. The third kappa shape index (κ3) is 2.94. The molecule has 0 radical (unpaired) electrons. The largest absolute Gasteiger partial charge is 0.276 e. The van der Waals surface area contributed by atoms with Gasteiger partial charge < -0.3 is 0 Å². The first-order valence-electron chi connectivity index (χ1n) is 5.49. The minimum Gasteiger partial charge on any atom is -0.276 e. The Morgan fingerprint density at radius 2 is 2.21 bits per heavy atom. The first-order chi connectivity index (χ1) is 8.92. The van der Waals surface area contributed by atoms with Gasteiger partial charge in [-0.3, -0.25) is 9.40 Å². The number of hydrogen-bond donors (Lipinski definition) is 1. The summed E-state index contributed by atoms with van der Waals surface area (Å²) in [6, 6.07) is 4.97. The highest BCUT2D eigenvalue weighted by Crippen LogP contribution is 2.23. The second kappa shape index (κ2) is 5.03. The Bertz CT molecular complexity index is 722. The molecule has 0 aliphatic rings. The van der Waals surface area contributed by atoms with E-state index in [0.29, 0.717) is 10.6 Å². The molecule has 0 aliphatic heterocycles. The van der Waals surface area contributed by atoms with Crippen LogP contribution in [0.25, 0.3) is 0 Å². The predicted octanol–water partition coefficient (Wildman–Crippen LogP) is 2.20. The predicted molar refractivity (Wildman–Crippen MR) is 72.5 cm³/mol. The van der Waals surface area contributed by atoms with E-state index in [1.807, 2.05) is 19.9 Å². The van der Waals surface area contributed by atoms with Gasteiger partial charge in [-0.25, -0.2) is 8.42 Å². The molecule has 0 unspecified atom stereocenters. The standard InChI is InChI=1S/C11H12N4O2S2/c1-8(2)15-7-9(6-13-15)14-19(16,17)11-4-3-10(5-12)18-11/h3-4,6-8,14H,1-2H3. The van der Waals surface area contributed by atoms with E-state index < -0.39 is 10.0 Å². The smallest absolute Gasteiger partial charge is 0.271 e.